The lowest BCUT2D eigenvalue weighted by molar-refractivity contribution is -0.125. The van der Waals surface area contributed by atoms with Gasteiger partial charge in [-0.05, 0) is 38.0 Å². The van der Waals surface area contributed by atoms with Crippen LogP contribution in [-0.4, -0.2) is 48.2 Å². The Kier molecular flexibility index (Phi) is 6.45. The Morgan fingerprint density at radius 3 is 2.62 bits per heavy atom. The molecule has 7 nitrogen and oxygen atoms in total. The van der Waals surface area contributed by atoms with Gasteiger partial charge in [-0.15, -0.1) is 10.2 Å². The van der Waals surface area contributed by atoms with Crippen molar-refractivity contribution in [3.8, 4) is 0 Å². The molecule has 0 saturated carbocycles. The van der Waals surface area contributed by atoms with Crippen molar-refractivity contribution in [2.75, 3.05) is 36.0 Å². The highest BCUT2D eigenvalue weighted by Gasteiger charge is 2.28. The molecule has 0 radical (unpaired) electrons. The smallest absolute Gasteiger partial charge is 0.228 e. The van der Waals surface area contributed by atoms with Crippen molar-refractivity contribution in [2.24, 2.45) is 11.8 Å². The zero-order valence-electron chi connectivity index (χ0n) is 15.7. The van der Waals surface area contributed by atoms with Crippen molar-refractivity contribution in [3.63, 3.8) is 0 Å². The van der Waals surface area contributed by atoms with Crippen LogP contribution < -0.4 is 15.1 Å². The van der Waals surface area contributed by atoms with Gasteiger partial charge in [0.1, 0.15) is 0 Å². The fourth-order valence-corrected chi connectivity index (χ4v) is 4.36. The largest absolute Gasteiger partial charge is 0.356 e. The van der Waals surface area contributed by atoms with Crippen LogP contribution >= 0.6 is 11.3 Å². The number of hydrogen-bond donors (Lipinski definition) is 1. The first-order valence-electron chi connectivity index (χ1n) is 9.71. The molecule has 1 aromatic rings. The quantitative estimate of drug-likeness (QED) is 0.821. The molecular formula is C18H29N5O2S. The number of piperidine rings is 2. The number of anilines is 2. The van der Waals surface area contributed by atoms with Crippen LogP contribution in [0.5, 0.6) is 0 Å². The van der Waals surface area contributed by atoms with E-state index >= 15 is 0 Å². The van der Waals surface area contributed by atoms with Gasteiger partial charge >= 0.3 is 0 Å². The second-order valence-electron chi connectivity index (χ2n) is 7.60. The van der Waals surface area contributed by atoms with Crippen LogP contribution in [0.1, 0.15) is 52.4 Å². The van der Waals surface area contributed by atoms with Crippen molar-refractivity contribution in [2.45, 2.75) is 52.4 Å². The summed E-state index contributed by atoms with van der Waals surface area (Å²) in [6.07, 6.45) is 5.29. The monoisotopic (exact) mass is 379 g/mol. The summed E-state index contributed by atoms with van der Waals surface area (Å²) in [6, 6.07) is 0. The van der Waals surface area contributed by atoms with E-state index in [4.69, 9.17) is 0 Å². The molecule has 8 heteroatoms. The topological polar surface area (TPSA) is 78.4 Å². The molecule has 1 aromatic heterocycles. The maximum atomic E-state index is 12.3. The summed E-state index contributed by atoms with van der Waals surface area (Å²) >= 11 is 1.48. The first-order chi connectivity index (χ1) is 12.5. The average Bonchev–Trinajstić information content (AvgIpc) is 3.11. The van der Waals surface area contributed by atoms with Gasteiger partial charge in [0.2, 0.25) is 22.1 Å². The number of amides is 2. The molecule has 2 aliphatic rings. The van der Waals surface area contributed by atoms with Crippen LogP contribution in [-0.2, 0) is 9.59 Å². The minimum Gasteiger partial charge on any atom is -0.356 e. The molecule has 0 bridgehead atoms. The molecule has 2 amide bonds. The van der Waals surface area contributed by atoms with Crippen LogP contribution in [0.4, 0.5) is 10.3 Å². The van der Waals surface area contributed by atoms with Crippen LogP contribution in [0.25, 0.3) is 0 Å². The van der Waals surface area contributed by atoms with Gasteiger partial charge in [-0.2, -0.15) is 0 Å². The van der Waals surface area contributed by atoms with Crippen molar-refractivity contribution >= 4 is 33.4 Å². The summed E-state index contributed by atoms with van der Waals surface area (Å²) < 4.78 is 0. The Bertz CT molecular complexity index is 625. The number of nitrogens with one attached hydrogen (secondary N) is 1. The fraction of sp³-hybridized carbons (Fsp3) is 0.778. The van der Waals surface area contributed by atoms with Gasteiger partial charge in [-0.3, -0.25) is 14.5 Å². The highest BCUT2D eigenvalue weighted by molar-refractivity contribution is 7.19. The summed E-state index contributed by atoms with van der Waals surface area (Å²) in [7, 11) is 0. The number of nitrogens with zero attached hydrogens (tertiary/aromatic N) is 4. The molecule has 0 atom stereocenters. The molecule has 2 saturated heterocycles. The third kappa shape index (κ3) is 4.72. The van der Waals surface area contributed by atoms with E-state index in [2.05, 4.69) is 34.3 Å². The van der Waals surface area contributed by atoms with E-state index < -0.39 is 0 Å². The summed E-state index contributed by atoms with van der Waals surface area (Å²) in [5, 5.41) is 13.1. The zero-order valence-corrected chi connectivity index (χ0v) is 16.6. The van der Waals surface area contributed by atoms with Gasteiger partial charge in [0.15, 0.2) is 0 Å². The summed E-state index contributed by atoms with van der Waals surface area (Å²) in [5.41, 5.74) is 0. The first kappa shape index (κ1) is 19.1. The van der Waals surface area contributed by atoms with E-state index in [0.717, 1.165) is 63.4 Å². The average molecular weight is 380 g/mol. The fourth-order valence-electron chi connectivity index (χ4n) is 3.41. The highest BCUT2D eigenvalue weighted by Crippen LogP contribution is 2.31. The standard InChI is InChI=1S/C18H29N5O2S/c1-13(2)6-9-19-16(25)14-7-11-22(12-8-14)17-20-21-18(26-17)23-10-4-3-5-15(23)24/h13-14H,3-12H2,1-2H3,(H,19,25). The van der Waals surface area contributed by atoms with Crippen molar-refractivity contribution < 1.29 is 9.59 Å². The van der Waals surface area contributed by atoms with E-state index in [1.165, 1.54) is 11.3 Å². The highest BCUT2D eigenvalue weighted by atomic mass is 32.1. The maximum Gasteiger partial charge on any atom is 0.228 e. The first-order valence-corrected chi connectivity index (χ1v) is 10.5. The van der Waals surface area contributed by atoms with E-state index in [9.17, 15) is 9.59 Å². The van der Waals surface area contributed by atoms with E-state index in [1.54, 1.807) is 4.90 Å². The van der Waals surface area contributed by atoms with Crippen LogP contribution in [0.15, 0.2) is 0 Å². The number of carbonyl (C=O) groups excluding carboxylic acids is 2. The molecule has 0 unspecified atom stereocenters. The second kappa shape index (κ2) is 8.79. The van der Waals surface area contributed by atoms with Gasteiger partial charge < -0.3 is 10.2 Å². The summed E-state index contributed by atoms with van der Waals surface area (Å²) in [6.45, 7) is 7.46. The Balaban J connectivity index is 1.49. The van der Waals surface area contributed by atoms with Crippen LogP contribution in [0.3, 0.4) is 0 Å². The Morgan fingerprint density at radius 1 is 1.19 bits per heavy atom. The number of rotatable bonds is 6. The molecule has 2 fully saturated rings. The van der Waals surface area contributed by atoms with Crippen molar-refractivity contribution in [3.05, 3.63) is 0 Å². The van der Waals surface area contributed by atoms with Crippen molar-refractivity contribution in [1.29, 1.82) is 0 Å². The zero-order chi connectivity index (χ0) is 18.5. The molecule has 26 heavy (non-hydrogen) atoms. The molecule has 3 rings (SSSR count). The lowest BCUT2D eigenvalue weighted by Crippen LogP contribution is -2.41. The summed E-state index contributed by atoms with van der Waals surface area (Å²) in [4.78, 5) is 28.3. The summed E-state index contributed by atoms with van der Waals surface area (Å²) in [5.74, 6) is 1.03. The van der Waals surface area contributed by atoms with Gasteiger partial charge in [0.25, 0.3) is 0 Å². The number of carbonyl (C=O) groups is 2. The third-order valence-corrected chi connectivity index (χ3v) is 6.12. The molecule has 3 heterocycles. The maximum absolute atomic E-state index is 12.3. The molecule has 2 aliphatic heterocycles. The number of aromatic nitrogens is 2. The second-order valence-corrected chi connectivity index (χ2v) is 8.54. The van der Waals surface area contributed by atoms with E-state index in [-0.39, 0.29) is 17.7 Å². The molecule has 144 valence electrons. The predicted molar refractivity (Wildman–Crippen MR) is 104 cm³/mol. The Hall–Kier alpha value is -1.70. The van der Waals surface area contributed by atoms with Crippen LogP contribution in [0, 0.1) is 11.8 Å². The van der Waals surface area contributed by atoms with Gasteiger partial charge in [-0.25, -0.2) is 0 Å². The third-order valence-electron chi connectivity index (χ3n) is 5.12. The van der Waals surface area contributed by atoms with Gasteiger partial charge in [0, 0.05) is 38.5 Å². The predicted octanol–water partition coefficient (Wildman–Crippen LogP) is 2.43. The molecule has 0 aromatic carbocycles. The molecule has 1 N–H and O–H groups in total. The molecule has 0 spiro atoms. The van der Waals surface area contributed by atoms with Crippen molar-refractivity contribution in [1.82, 2.24) is 15.5 Å². The minimum absolute atomic E-state index is 0.0921. The molecular weight excluding hydrogens is 350 g/mol. The molecule has 0 aliphatic carbocycles. The lowest BCUT2D eigenvalue weighted by atomic mass is 9.96. The van der Waals surface area contributed by atoms with Gasteiger partial charge in [-0.1, -0.05) is 25.2 Å². The van der Waals surface area contributed by atoms with E-state index in [1.807, 2.05) is 0 Å². The number of hydrogen-bond acceptors (Lipinski definition) is 6. The normalized spacial score (nSPS) is 19.3. The Morgan fingerprint density at radius 2 is 1.92 bits per heavy atom. The SMILES string of the molecule is CC(C)CCNC(=O)C1CCN(c2nnc(N3CCCCC3=O)s2)CC1. The Labute approximate surface area is 159 Å². The minimum atomic E-state index is 0.0921. The van der Waals surface area contributed by atoms with Crippen LogP contribution in [0.2, 0.25) is 0 Å². The lowest BCUT2D eigenvalue weighted by Gasteiger charge is -2.30. The van der Waals surface area contributed by atoms with E-state index in [0.29, 0.717) is 17.5 Å². The van der Waals surface area contributed by atoms with Gasteiger partial charge in [0.05, 0.1) is 0 Å².